The Hall–Kier alpha value is -1.75. The van der Waals surface area contributed by atoms with Crippen LogP contribution >= 0.6 is 0 Å². The lowest BCUT2D eigenvalue weighted by atomic mass is 10.1. The van der Waals surface area contributed by atoms with E-state index in [1.165, 1.54) is 5.56 Å². The van der Waals surface area contributed by atoms with Gasteiger partial charge in [-0.15, -0.1) is 5.10 Å². The SMILES string of the molecule is Cc1nnnn1CC(O)CCc1ccccc1. The van der Waals surface area contributed by atoms with Crippen molar-refractivity contribution in [1.82, 2.24) is 20.2 Å². The van der Waals surface area contributed by atoms with Crippen molar-refractivity contribution < 1.29 is 5.11 Å². The highest BCUT2D eigenvalue weighted by molar-refractivity contribution is 5.14. The minimum Gasteiger partial charge on any atom is -0.391 e. The van der Waals surface area contributed by atoms with Gasteiger partial charge in [-0.05, 0) is 35.8 Å². The molecular formula is C12H16N4O. The smallest absolute Gasteiger partial charge is 0.148 e. The molecule has 1 N–H and O–H groups in total. The van der Waals surface area contributed by atoms with Crippen LogP contribution in [0, 0.1) is 6.92 Å². The molecule has 1 aromatic carbocycles. The molecule has 90 valence electrons. The lowest BCUT2D eigenvalue weighted by Crippen LogP contribution is -2.18. The second kappa shape index (κ2) is 5.54. The number of aromatic nitrogens is 4. The van der Waals surface area contributed by atoms with Gasteiger partial charge in [0.2, 0.25) is 0 Å². The Morgan fingerprint density at radius 2 is 2.06 bits per heavy atom. The summed E-state index contributed by atoms with van der Waals surface area (Å²) in [5.74, 6) is 0.726. The van der Waals surface area contributed by atoms with E-state index in [1.807, 2.05) is 25.1 Å². The van der Waals surface area contributed by atoms with E-state index in [2.05, 4.69) is 27.7 Å². The fourth-order valence-electron chi connectivity index (χ4n) is 1.69. The Bertz CT molecular complexity index is 455. The molecule has 0 fully saturated rings. The Morgan fingerprint density at radius 3 is 2.71 bits per heavy atom. The summed E-state index contributed by atoms with van der Waals surface area (Å²) in [7, 11) is 0. The van der Waals surface area contributed by atoms with Gasteiger partial charge in [0.15, 0.2) is 0 Å². The van der Waals surface area contributed by atoms with Crippen LogP contribution < -0.4 is 0 Å². The monoisotopic (exact) mass is 232 g/mol. The van der Waals surface area contributed by atoms with Crippen LogP contribution in [0.5, 0.6) is 0 Å². The molecule has 0 aliphatic rings. The molecule has 5 heteroatoms. The lowest BCUT2D eigenvalue weighted by Gasteiger charge is -2.10. The van der Waals surface area contributed by atoms with Crippen LogP contribution in [-0.2, 0) is 13.0 Å². The van der Waals surface area contributed by atoms with Gasteiger partial charge in [-0.3, -0.25) is 0 Å². The van der Waals surface area contributed by atoms with Crippen LogP contribution in [0.1, 0.15) is 17.8 Å². The average molecular weight is 232 g/mol. The quantitative estimate of drug-likeness (QED) is 0.834. The molecule has 0 saturated carbocycles. The van der Waals surface area contributed by atoms with Crippen LogP contribution in [0.3, 0.4) is 0 Å². The maximum atomic E-state index is 9.89. The summed E-state index contributed by atoms with van der Waals surface area (Å²) < 4.78 is 1.62. The van der Waals surface area contributed by atoms with E-state index >= 15 is 0 Å². The molecule has 0 radical (unpaired) electrons. The minimum absolute atomic E-state index is 0.419. The molecule has 0 bridgehead atoms. The summed E-state index contributed by atoms with van der Waals surface area (Å²) >= 11 is 0. The number of aryl methyl sites for hydroxylation is 2. The number of aliphatic hydroxyl groups excluding tert-OH is 1. The molecular weight excluding hydrogens is 216 g/mol. The molecule has 0 saturated heterocycles. The molecule has 1 atom stereocenters. The van der Waals surface area contributed by atoms with Crippen molar-refractivity contribution in [3.8, 4) is 0 Å². The van der Waals surface area contributed by atoms with Crippen molar-refractivity contribution in [2.45, 2.75) is 32.4 Å². The molecule has 5 nitrogen and oxygen atoms in total. The van der Waals surface area contributed by atoms with E-state index in [0.717, 1.165) is 12.2 Å². The zero-order valence-corrected chi connectivity index (χ0v) is 9.82. The Kier molecular flexibility index (Phi) is 3.82. The number of rotatable bonds is 5. The molecule has 2 aromatic rings. The average Bonchev–Trinajstić information content (AvgIpc) is 2.74. The second-order valence-corrected chi connectivity index (χ2v) is 4.09. The number of benzene rings is 1. The maximum Gasteiger partial charge on any atom is 0.148 e. The van der Waals surface area contributed by atoms with Crippen LogP contribution in [0.15, 0.2) is 30.3 Å². The zero-order valence-electron chi connectivity index (χ0n) is 9.82. The molecule has 17 heavy (non-hydrogen) atoms. The Balaban J connectivity index is 1.82. The fraction of sp³-hybridized carbons (Fsp3) is 0.417. The molecule has 1 heterocycles. The van der Waals surface area contributed by atoms with E-state index in [4.69, 9.17) is 0 Å². The highest BCUT2D eigenvalue weighted by Gasteiger charge is 2.08. The third-order valence-electron chi connectivity index (χ3n) is 2.70. The number of hydrogen-bond donors (Lipinski definition) is 1. The van der Waals surface area contributed by atoms with Gasteiger partial charge in [0.05, 0.1) is 12.6 Å². The van der Waals surface area contributed by atoms with Crippen molar-refractivity contribution >= 4 is 0 Å². The highest BCUT2D eigenvalue weighted by Crippen LogP contribution is 2.06. The normalized spacial score (nSPS) is 12.6. The molecule has 0 aliphatic carbocycles. The molecule has 0 aliphatic heterocycles. The van der Waals surface area contributed by atoms with Crippen molar-refractivity contribution in [2.75, 3.05) is 0 Å². The maximum absolute atomic E-state index is 9.89. The number of nitrogens with zero attached hydrogens (tertiary/aromatic N) is 4. The molecule has 0 amide bonds. The molecule has 2 rings (SSSR count). The van der Waals surface area contributed by atoms with E-state index in [0.29, 0.717) is 13.0 Å². The lowest BCUT2D eigenvalue weighted by molar-refractivity contribution is 0.138. The predicted octanol–water partition coefficient (Wildman–Crippen LogP) is 0.975. The van der Waals surface area contributed by atoms with Crippen molar-refractivity contribution in [3.63, 3.8) is 0 Å². The predicted molar refractivity (Wildman–Crippen MR) is 63.3 cm³/mol. The summed E-state index contributed by atoms with van der Waals surface area (Å²) in [5.41, 5.74) is 1.24. The van der Waals surface area contributed by atoms with E-state index in [9.17, 15) is 5.11 Å². The standard InChI is InChI=1S/C12H16N4O/c1-10-13-14-15-16(10)9-12(17)8-7-11-5-3-2-4-6-11/h2-6,12,17H,7-9H2,1H3. The van der Waals surface area contributed by atoms with Gasteiger partial charge in [0.25, 0.3) is 0 Å². The Labute approximate surface area is 100 Å². The van der Waals surface area contributed by atoms with Crippen molar-refractivity contribution in [1.29, 1.82) is 0 Å². The topological polar surface area (TPSA) is 63.8 Å². The zero-order chi connectivity index (χ0) is 12.1. The Morgan fingerprint density at radius 1 is 1.29 bits per heavy atom. The first-order valence-corrected chi connectivity index (χ1v) is 5.70. The summed E-state index contributed by atoms with van der Waals surface area (Å²) in [4.78, 5) is 0. The third-order valence-corrected chi connectivity index (χ3v) is 2.70. The first-order chi connectivity index (χ1) is 8.25. The van der Waals surface area contributed by atoms with E-state index in [1.54, 1.807) is 4.68 Å². The van der Waals surface area contributed by atoms with Crippen LogP contribution in [-0.4, -0.2) is 31.4 Å². The molecule has 0 spiro atoms. The van der Waals surface area contributed by atoms with Crippen LogP contribution in [0.2, 0.25) is 0 Å². The van der Waals surface area contributed by atoms with Gasteiger partial charge in [-0.1, -0.05) is 30.3 Å². The first kappa shape index (κ1) is 11.7. The number of tetrazole rings is 1. The van der Waals surface area contributed by atoms with Crippen molar-refractivity contribution in [3.05, 3.63) is 41.7 Å². The highest BCUT2D eigenvalue weighted by atomic mass is 16.3. The van der Waals surface area contributed by atoms with E-state index in [-0.39, 0.29) is 0 Å². The van der Waals surface area contributed by atoms with Crippen LogP contribution in [0.25, 0.3) is 0 Å². The number of aliphatic hydroxyl groups is 1. The second-order valence-electron chi connectivity index (χ2n) is 4.09. The van der Waals surface area contributed by atoms with Crippen LogP contribution in [0.4, 0.5) is 0 Å². The summed E-state index contributed by atoms with van der Waals surface area (Å²) in [6.07, 6.45) is 1.16. The minimum atomic E-state index is -0.419. The van der Waals surface area contributed by atoms with Gasteiger partial charge in [0.1, 0.15) is 5.82 Å². The summed E-state index contributed by atoms with van der Waals surface area (Å²) in [5, 5.41) is 21.0. The van der Waals surface area contributed by atoms with Gasteiger partial charge in [-0.2, -0.15) is 0 Å². The van der Waals surface area contributed by atoms with Crippen molar-refractivity contribution in [2.24, 2.45) is 0 Å². The molecule has 1 unspecified atom stereocenters. The summed E-state index contributed by atoms with van der Waals surface area (Å²) in [6, 6.07) is 10.1. The van der Waals surface area contributed by atoms with Gasteiger partial charge in [-0.25, -0.2) is 4.68 Å². The summed E-state index contributed by atoms with van der Waals surface area (Å²) in [6.45, 7) is 2.27. The van der Waals surface area contributed by atoms with Gasteiger partial charge in [0, 0.05) is 0 Å². The third kappa shape index (κ3) is 3.35. The fourth-order valence-corrected chi connectivity index (χ4v) is 1.69. The molecule has 1 aromatic heterocycles. The first-order valence-electron chi connectivity index (χ1n) is 5.70. The van der Waals surface area contributed by atoms with E-state index < -0.39 is 6.10 Å². The largest absolute Gasteiger partial charge is 0.391 e. The number of hydrogen-bond acceptors (Lipinski definition) is 4. The van der Waals surface area contributed by atoms with Gasteiger partial charge < -0.3 is 5.11 Å². The van der Waals surface area contributed by atoms with Gasteiger partial charge >= 0.3 is 0 Å².